The minimum Gasteiger partial charge on any atom is -0.0654 e. The SMILES string of the molecule is CCCCCCCCC1CCC(C2CCC(C3CCC(CC)CC3)CC2)CC1. The molecule has 0 aliphatic heterocycles. The Balaban J connectivity index is 1.26. The Labute approximate surface area is 178 Å². The van der Waals surface area contributed by atoms with E-state index in [1.54, 1.807) is 83.5 Å². The van der Waals surface area contributed by atoms with E-state index in [1.165, 1.54) is 44.9 Å². The molecular formula is C28H52. The highest BCUT2D eigenvalue weighted by molar-refractivity contribution is 4.85. The maximum atomic E-state index is 2.40. The van der Waals surface area contributed by atoms with Crippen molar-refractivity contribution >= 4 is 0 Å². The van der Waals surface area contributed by atoms with Crippen LogP contribution in [-0.2, 0) is 0 Å². The first-order valence-corrected chi connectivity index (χ1v) is 13.8. The molecule has 0 aromatic heterocycles. The Bertz CT molecular complexity index is 375. The molecule has 0 N–H and O–H groups in total. The van der Waals surface area contributed by atoms with Crippen LogP contribution in [-0.4, -0.2) is 0 Å². The summed E-state index contributed by atoms with van der Waals surface area (Å²) in [6, 6.07) is 0. The Hall–Kier alpha value is 0. The van der Waals surface area contributed by atoms with Gasteiger partial charge in [0.1, 0.15) is 0 Å². The van der Waals surface area contributed by atoms with E-state index in [0.717, 1.165) is 35.5 Å². The molecule has 0 radical (unpaired) electrons. The lowest BCUT2D eigenvalue weighted by Gasteiger charge is -2.41. The largest absolute Gasteiger partial charge is 0.0654 e. The van der Waals surface area contributed by atoms with Gasteiger partial charge < -0.3 is 0 Å². The predicted molar refractivity (Wildman–Crippen MR) is 125 cm³/mol. The van der Waals surface area contributed by atoms with Gasteiger partial charge in [0.05, 0.1) is 0 Å². The molecule has 0 amide bonds. The fourth-order valence-electron chi connectivity index (χ4n) is 7.32. The molecule has 0 aromatic carbocycles. The van der Waals surface area contributed by atoms with Crippen LogP contribution >= 0.6 is 0 Å². The first-order valence-electron chi connectivity index (χ1n) is 13.8. The second-order valence-corrected chi connectivity index (χ2v) is 11.2. The third-order valence-electron chi connectivity index (χ3n) is 9.48. The van der Waals surface area contributed by atoms with Crippen molar-refractivity contribution in [1.29, 1.82) is 0 Å². The summed E-state index contributed by atoms with van der Waals surface area (Å²) in [5.74, 6) is 6.59. The molecule has 0 saturated heterocycles. The third kappa shape index (κ3) is 7.05. The average molecular weight is 389 g/mol. The van der Waals surface area contributed by atoms with Crippen LogP contribution in [0.3, 0.4) is 0 Å². The Morgan fingerprint density at radius 3 is 1.29 bits per heavy atom. The predicted octanol–water partition coefficient (Wildman–Crippen LogP) is 9.57. The molecule has 3 aliphatic rings. The molecule has 3 saturated carbocycles. The second kappa shape index (κ2) is 12.6. The molecule has 0 nitrogen and oxygen atoms in total. The van der Waals surface area contributed by atoms with Gasteiger partial charge in [0.2, 0.25) is 0 Å². The van der Waals surface area contributed by atoms with Crippen molar-refractivity contribution in [2.45, 2.75) is 142 Å². The highest BCUT2D eigenvalue weighted by atomic mass is 14.4. The molecule has 0 aromatic rings. The van der Waals surface area contributed by atoms with Gasteiger partial charge in [-0.1, -0.05) is 90.9 Å². The first kappa shape index (κ1) is 22.7. The quantitative estimate of drug-likeness (QED) is 0.327. The summed E-state index contributed by atoms with van der Waals surface area (Å²) in [5, 5.41) is 0. The van der Waals surface area contributed by atoms with E-state index < -0.39 is 0 Å². The van der Waals surface area contributed by atoms with E-state index in [-0.39, 0.29) is 0 Å². The van der Waals surface area contributed by atoms with Crippen LogP contribution < -0.4 is 0 Å². The van der Waals surface area contributed by atoms with E-state index in [1.807, 2.05) is 0 Å². The second-order valence-electron chi connectivity index (χ2n) is 11.2. The maximum absolute atomic E-state index is 2.40. The Kier molecular flexibility index (Phi) is 10.2. The highest BCUT2D eigenvalue weighted by Crippen LogP contribution is 2.46. The van der Waals surface area contributed by atoms with Crippen LogP contribution in [0.5, 0.6) is 0 Å². The Morgan fingerprint density at radius 1 is 0.429 bits per heavy atom. The van der Waals surface area contributed by atoms with Gasteiger partial charge in [-0.15, -0.1) is 0 Å². The lowest BCUT2D eigenvalue weighted by atomic mass is 9.64. The summed E-state index contributed by atoms with van der Waals surface area (Å²) in [7, 11) is 0. The molecule has 0 unspecified atom stereocenters. The summed E-state index contributed by atoms with van der Waals surface area (Å²) in [6.07, 6.45) is 30.7. The van der Waals surface area contributed by atoms with Gasteiger partial charge in [-0.3, -0.25) is 0 Å². The molecule has 0 heteroatoms. The zero-order valence-corrected chi connectivity index (χ0v) is 19.6. The summed E-state index contributed by atoms with van der Waals surface area (Å²) < 4.78 is 0. The summed E-state index contributed by atoms with van der Waals surface area (Å²) >= 11 is 0. The topological polar surface area (TPSA) is 0 Å². The fourth-order valence-corrected chi connectivity index (χ4v) is 7.32. The van der Waals surface area contributed by atoms with Crippen molar-refractivity contribution in [2.75, 3.05) is 0 Å². The van der Waals surface area contributed by atoms with Gasteiger partial charge in [-0.05, 0) is 86.9 Å². The van der Waals surface area contributed by atoms with Gasteiger partial charge in [0, 0.05) is 0 Å². The van der Waals surface area contributed by atoms with Crippen molar-refractivity contribution in [2.24, 2.45) is 35.5 Å². The van der Waals surface area contributed by atoms with E-state index in [9.17, 15) is 0 Å². The number of hydrogen-bond acceptors (Lipinski definition) is 0. The van der Waals surface area contributed by atoms with Gasteiger partial charge in [-0.2, -0.15) is 0 Å². The molecule has 0 spiro atoms. The molecule has 3 fully saturated rings. The normalized spacial score (nSPS) is 37.1. The lowest BCUT2D eigenvalue weighted by Crippen LogP contribution is -2.29. The van der Waals surface area contributed by atoms with E-state index in [2.05, 4.69) is 13.8 Å². The zero-order valence-electron chi connectivity index (χ0n) is 19.6. The summed E-state index contributed by atoms with van der Waals surface area (Å²) in [6.45, 7) is 4.72. The zero-order chi connectivity index (χ0) is 19.6. The van der Waals surface area contributed by atoms with Crippen LogP contribution in [0, 0.1) is 35.5 Å². The average Bonchev–Trinajstić information content (AvgIpc) is 2.77. The van der Waals surface area contributed by atoms with Crippen LogP contribution in [0.15, 0.2) is 0 Å². The van der Waals surface area contributed by atoms with Gasteiger partial charge in [0.15, 0.2) is 0 Å². The molecule has 28 heavy (non-hydrogen) atoms. The van der Waals surface area contributed by atoms with Crippen LogP contribution in [0.1, 0.15) is 142 Å². The molecule has 164 valence electrons. The van der Waals surface area contributed by atoms with Gasteiger partial charge in [0.25, 0.3) is 0 Å². The number of unbranched alkanes of at least 4 members (excludes halogenated alkanes) is 5. The molecule has 0 heterocycles. The van der Waals surface area contributed by atoms with Gasteiger partial charge >= 0.3 is 0 Å². The van der Waals surface area contributed by atoms with Crippen molar-refractivity contribution in [3.63, 3.8) is 0 Å². The minimum atomic E-state index is 1.07. The fraction of sp³-hybridized carbons (Fsp3) is 1.00. The maximum Gasteiger partial charge on any atom is -0.0386 e. The molecule has 0 bridgehead atoms. The van der Waals surface area contributed by atoms with Crippen molar-refractivity contribution < 1.29 is 0 Å². The van der Waals surface area contributed by atoms with Crippen molar-refractivity contribution in [3.05, 3.63) is 0 Å². The van der Waals surface area contributed by atoms with E-state index in [4.69, 9.17) is 0 Å². The van der Waals surface area contributed by atoms with Crippen LogP contribution in [0.4, 0.5) is 0 Å². The van der Waals surface area contributed by atoms with Crippen molar-refractivity contribution in [1.82, 2.24) is 0 Å². The number of rotatable bonds is 10. The highest BCUT2D eigenvalue weighted by Gasteiger charge is 2.34. The first-order chi connectivity index (χ1) is 13.8. The summed E-state index contributed by atoms with van der Waals surface area (Å²) in [4.78, 5) is 0. The minimum absolute atomic E-state index is 1.07. The van der Waals surface area contributed by atoms with Gasteiger partial charge in [-0.25, -0.2) is 0 Å². The monoisotopic (exact) mass is 388 g/mol. The lowest BCUT2D eigenvalue weighted by molar-refractivity contribution is 0.103. The van der Waals surface area contributed by atoms with Crippen LogP contribution in [0.25, 0.3) is 0 Å². The Morgan fingerprint density at radius 2 is 0.821 bits per heavy atom. The van der Waals surface area contributed by atoms with E-state index in [0.29, 0.717) is 0 Å². The summed E-state index contributed by atoms with van der Waals surface area (Å²) in [5.41, 5.74) is 0. The molecule has 3 rings (SSSR count). The smallest absolute Gasteiger partial charge is 0.0386 e. The molecular weight excluding hydrogens is 336 g/mol. The van der Waals surface area contributed by atoms with Crippen LogP contribution in [0.2, 0.25) is 0 Å². The van der Waals surface area contributed by atoms with E-state index >= 15 is 0 Å². The van der Waals surface area contributed by atoms with Crippen molar-refractivity contribution in [3.8, 4) is 0 Å². The third-order valence-corrected chi connectivity index (χ3v) is 9.48. The molecule has 3 aliphatic carbocycles. The standard InChI is InChI=1S/C28H52/c1-3-5-6-7-8-9-10-24-13-17-26(18-14-24)28-21-19-27(20-22-28)25-15-11-23(4-2)12-16-25/h23-28H,3-22H2,1-2H3. The molecule has 0 atom stereocenters. The number of hydrogen-bond donors (Lipinski definition) is 0.